The maximum absolute atomic E-state index is 12.8. The van der Waals surface area contributed by atoms with Crippen LogP contribution in [0.25, 0.3) is 0 Å². The minimum Gasteiger partial charge on any atom is -0.318 e. The van der Waals surface area contributed by atoms with Crippen LogP contribution < -0.4 is 15.5 Å². The fourth-order valence-corrected chi connectivity index (χ4v) is 3.29. The van der Waals surface area contributed by atoms with E-state index in [1.54, 1.807) is 65.4 Å². The number of hydrogen-bond acceptors (Lipinski definition) is 2. The molecule has 1 aliphatic rings. The van der Waals surface area contributed by atoms with Crippen molar-refractivity contribution in [2.75, 3.05) is 17.3 Å². The summed E-state index contributed by atoms with van der Waals surface area (Å²) in [6.45, 7) is 3.79. The monoisotopic (exact) mass is 406 g/mol. The number of anilines is 2. The van der Waals surface area contributed by atoms with Crippen LogP contribution in [-0.4, -0.2) is 35.7 Å². The smallest absolute Gasteiger partial charge is 0.318 e. The third kappa shape index (κ3) is 3.82. The molecule has 0 aromatic heterocycles. The number of rotatable bonds is 3. The van der Waals surface area contributed by atoms with Crippen LogP contribution in [-0.2, 0) is 0 Å². The van der Waals surface area contributed by atoms with Gasteiger partial charge in [-0.05, 0) is 56.3 Å². The van der Waals surface area contributed by atoms with Crippen molar-refractivity contribution in [3.05, 3.63) is 58.6 Å². The molecule has 8 heteroatoms. The second-order valence-electron chi connectivity index (χ2n) is 6.85. The Labute approximate surface area is 168 Å². The van der Waals surface area contributed by atoms with Gasteiger partial charge in [0.1, 0.15) is 6.17 Å². The highest BCUT2D eigenvalue weighted by Gasteiger charge is 2.51. The van der Waals surface area contributed by atoms with E-state index < -0.39 is 17.7 Å². The van der Waals surface area contributed by atoms with E-state index in [-0.39, 0.29) is 6.03 Å². The number of carbonyl (C=O) groups is 2. The van der Waals surface area contributed by atoms with Crippen LogP contribution in [0.15, 0.2) is 48.5 Å². The van der Waals surface area contributed by atoms with E-state index in [0.29, 0.717) is 21.4 Å². The fourth-order valence-electron chi connectivity index (χ4n) is 2.98. The van der Waals surface area contributed by atoms with Gasteiger partial charge in [-0.2, -0.15) is 0 Å². The molecule has 1 fully saturated rings. The number of urea groups is 2. The lowest BCUT2D eigenvalue weighted by molar-refractivity contribution is 0.180. The first-order chi connectivity index (χ1) is 12.7. The summed E-state index contributed by atoms with van der Waals surface area (Å²) in [7, 11) is 1.71. The van der Waals surface area contributed by atoms with Crippen molar-refractivity contribution in [3.63, 3.8) is 0 Å². The summed E-state index contributed by atoms with van der Waals surface area (Å²) in [5.41, 5.74) is 0.575. The molecule has 1 aliphatic heterocycles. The Morgan fingerprint density at radius 1 is 1.07 bits per heavy atom. The summed E-state index contributed by atoms with van der Waals surface area (Å²) >= 11 is 11.9. The Bertz CT molecular complexity index is 870. The highest BCUT2D eigenvalue weighted by molar-refractivity contribution is 6.31. The van der Waals surface area contributed by atoms with Gasteiger partial charge in [-0.3, -0.25) is 4.90 Å². The number of nitrogens with zero attached hydrogens (tertiary/aromatic N) is 2. The van der Waals surface area contributed by atoms with Gasteiger partial charge in [0.05, 0.1) is 5.54 Å². The molecule has 1 atom stereocenters. The molecule has 3 rings (SSSR count). The summed E-state index contributed by atoms with van der Waals surface area (Å²) in [6, 6.07) is 13.1. The van der Waals surface area contributed by atoms with E-state index >= 15 is 0 Å². The van der Waals surface area contributed by atoms with Crippen molar-refractivity contribution in [1.29, 1.82) is 0 Å². The first-order valence-corrected chi connectivity index (χ1v) is 9.11. The minimum absolute atomic E-state index is 0.213. The van der Waals surface area contributed by atoms with Crippen LogP contribution in [0.4, 0.5) is 21.0 Å². The van der Waals surface area contributed by atoms with Gasteiger partial charge in [-0.15, -0.1) is 0 Å². The van der Waals surface area contributed by atoms with Gasteiger partial charge in [-0.25, -0.2) is 9.59 Å². The molecule has 27 heavy (non-hydrogen) atoms. The second-order valence-corrected chi connectivity index (χ2v) is 7.73. The quantitative estimate of drug-likeness (QED) is 0.768. The van der Waals surface area contributed by atoms with Crippen molar-refractivity contribution < 1.29 is 9.59 Å². The van der Waals surface area contributed by atoms with E-state index in [1.807, 2.05) is 13.8 Å². The molecule has 0 aliphatic carbocycles. The standard InChI is InChI=1S/C19H20Cl2N4O2/c1-19(2)16(23-17(26)22-14-6-4-5-13(21)11-14)25(18(27)24(19)3)15-9-7-12(20)8-10-15/h4-11,16H,1-3H3,(H2,22,23,26)/t16-/m1/s1. The number of benzene rings is 2. The molecule has 142 valence electrons. The number of hydrogen-bond donors (Lipinski definition) is 2. The van der Waals surface area contributed by atoms with Gasteiger partial charge in [0, 0.05) is 28.5 Å². The lowest BCUT2D eigenvalue weighted by Gasteiger charge is -2.33. The molecule has 0 unspecified atom stereocenters. The normalized spacial score (nSPS) is 18.6. The molecule has 6 nitrogen and oxygen atoms in total. The molecule has 2 aromatic carbocycles. The van der Waals surface area contributed by atoms with Gasteiger partial charge >= 0.3 is 12.1 Å². The molecule has 0 saturated carbocycles. The summed E-state index contributed by atoms with van der Waals surface area (Å²) in [6.07, 6.45) is -0.588. The SMILES string of the molecule is CN1C(=O)N(c2ccc(Cl)cc2)[C@@H](NC(=O)Nc2cccc(Cl)c2)C1(C)C. The summed E-state index contributed by atoms with van der Waals surface area (Å²) in [5, 5.41) is 6.74. The highest BCUT2D eigenvalue weighted by atomic mass is 35.5. The molecule has 0 radical (unpaired) electrons. The molecular formula is C19H20Cl2N4O2. The van der Waals surface area contributed by atoms with Gasteiger partial charge in [0.15, 0.2) is 0 Å². The van der Waals surface area contributed by atoms with E-state index in [0.717, 1.165) is 0 Å². The fraction of sp³-hybridized carbons (Fsp3) is 0.263. The van der Waals surface area contributed by atoms with Crippen molar-refractivity contribution in [1.82, 2.24) is 10.2 Å². The Kier molecular flexibility index (Phi) is 5.22. The molecule has 4 amide bonds. The van der Waals surface area contributed by atoms with Crippen LogP contribution in [0.2, 0.25) is 10.0 Å². The lowest BCUT2D eigenvalue weighted by Crippen LogP contribution is -2.56. The number of carbonyl (C=O) groups excluding carboxylic acids is 2. The van der Waals surface area contributed by atoms with Gasteiger partial charge < -0.3 is 15.5 Å². The Hall–Kier alpha value is -2.44. The van der Waals surface area contributed by atoms with E-state index in [2.05, 4.69) is 10.6 Å². The highest BCUT2D eigenvalue weighted by Crippen LogP contribution is 2.34. The zero-order valence-corrected chi connectivity index (χ0v) is 16.7. The number of amides is 4. The van der Waals surface area contributed by atoms with Crippen molar-refractivity contribution in [2.24, 2.45) is 0 Å². The third-order valence-electron chi connectivity index (χ3n) is 4.74. The largest absolute Gasteiger partial charge is 0.326 e. The van der Waals surface area contributed by atoms with E-state index in [1.165, 1.54) is 0 Å². The molecule has 1 heterocycles. The van der Waals surface area contributed by atoms with Gasteiger partial charge in [0.2, 0.25) is 0 Å². The molecule has 0 spiro atoms. The lowest BCUT2D eigenvalue weighted by atomic mass is 10.0. The van der Waals surface area contributed by atoms with Crippen LogP contribution in [0, 0.1) is 0 Å². The molecule has 2 aromatic rings. The number of halogens is 2. The molecule has 2 N–H and O–H groups in total. The Morgan fingerprint density at radius 2 is 1.74 bits per heavy atom. The topological polar surface area (TPSA) is 64.7 Å². The number of likely N-dealkylation sites (N-methyl/N-ethyl adjacent to an activating group) is 1. The average Bonchev–Trinajstić information content (AvgIpc) is 2.76. The zero-order valence-electron chi connectivity index (χ0n) is 15.2. The molecule has 0 bridgehead atoms. The van der Waals surface area contributed by atoms with E-state index in [9.17, 15) is 9.59 Å². The van der Waals surface area contributed by atoms with Crippen molar-refractivity contribution in [2.45, 2.75) is 25.6 Å². The molecular weight excluding hydrogens is 387 g/mol. The van der Waals surface area contributed by atoms with Crippen molar-refractivity contribution >= 4 is 46.6 Å². The first kappa shape index (κ1) is 19.3. The summed E-state index contributed by atoms with van der Waals surface area (Å²) < 4.78 is 0. The Morgan fingerprint density at radius 3 is 2.37 bits per heavy atom. The van der Waals surface area contributed by atoms with Crippen LogP contribution in [0.5, 0.6) is 0 Å². The predicted molar refractivity (Wildman–Crippen MR) is 109 cm³/mol. The molecule has 1 saturated heterocycles. The minimum atomic E-state index is -0.637. The Balaban J connectivity index is 1.86. The maximum atomic E-state index is 12.8. The van der Waals surface area contributed by atoms with Gasteiger partial charge in [-0.1, -0.05) is 29.3 Å². The predicted octanol–water partition coefficient (Wildman–Crippen LogP) is 4.79. The average molecular weight is 407 g/mol. The van der Waals surface area contributed by atoms with Crippen LogP contribution in [0.1, 0.15) is 13.8 Å². The van der Waals surface area contributed by atoms with Crippen LogP contribution in [0.3, 0.4) is 0 Å². The third-order valence-corrected chi connectivity index (χ3v) is 5.23. The summed E-state index contributed by atoms with van der Waals surface area (Å²) in [4.78, 5) is 28.6. The summed E-state index contributed by atoms with van der Waals surface area (Å²) in [5.74, 6) is 0. The van der Waals surface area contributed by atoms with E-state index in [4.69, 9.17) is 23.2 Å². The van der Waals surface area contributed by atoms with Crippen LogP contribution >= 0.6 is 23.2 Å². The van der Waals surface area contributed by atoms with Gasteiger partial charge in [0.25, 0.3) is 0 Å². The second kappa shape index (κ2) is 7.29. The van der Waals surface area contributed by atoms with Crippen molar-refractivity contribution in [3.8, 4) is 0 Å². The first-order valence-electron chi connectivity index (χ1n) is 8.36. The number of nitrogens with one attached hydrogen (secondary N) is 2. The zero-order chi connectivity index (χ0) is 19.8. The maximum Gasteiger partial charge on any atom is 0.326 e.